The maximum Gasteiger partial charge on any atom is 0.312 e. The molecule has 0 radical (unpaired) electrons. The van der Waals surface area contributed by atoms with Gasteiger partial charge in [-0.25, -0.2) is 0 Å². The molecule has 0 fully saturated rings. The van der Waals surface area contributed by atoms with Crippen molar-refractivity contribution >= 4 is 5.97 Å². The predicted octanol–water partition coefficient (Wildman–Crippen LogP) is 3.26. The fourth-order valence-electron chi connectivity index (χ4n) is 1.94. The first-order valence-electron chi connectivity index (χ1n) is 6.75. The van der Waals surface area contributed by atoms with Gasteiger partial charge in [-0.05, 0) is 45.2 Å². The van der Waals surface area contributed by atoms with Crippen LogP contribution in [0, 0.1) is 5.92 Å². The molecule has 0 saturated heterocycles. The van der Waals surface area contributed by atoms with Crippen molar-refractivity contribution in [1.82, 2.24) is 0 Å². The van der Waals surface area contributed by atoms with Crippen molar-refractivity contribution in [3.8, 4) is 0 Å². The Bertz CT molecular complexity index is 432. The minimum atomic E-state index is -0.828. The van der Waals surface area contributed by atoms with Crippen LogP contribution in [-0.4, -0.2) is 16.7 Å². The van der Waals surface area contributed by atoms with E-state index in [-0.39, 0.29) is 5.97 Å². The van der Waals surface area contributed by atoms with E-state index in [0.717, 1.165) is 17.5 Å². The van der Waals surface area contributed by atoms with E-state index in [9.17, 15) is 9.90 Å². The van der Waals surface area contributed by atoms with Crippen molar-refractivity contribution in [3.05, 3.63) is 35.4 Å². The summed E-state index contributed by atoms with van der Waals surface area (Å²) in [6, 6.07) is 7.65. The summed E-state index contributed by atoms with van der Waals surface area (Å²) in [5.41, 5.74) is 1.34. The molecule has 1 aromatic rings. The molecule has 106 valence electrons. The van der Waals surface area contributed by atoms with Gasteiger partial charge in [-0.2, -0.15) is 0 Å². The smallest absolute Gasteiger partial charge is 0.312 e. The van der Waals surface area contributed by atoms with Crippen LogP contribution in [0.25, 0.3) is 0 Å². The van der Waals surface area contributed by atoms with Crippen LogP contribution >= 0.6 is 0 Å². The molecule has 0 bridgehead atoms. The van der Waals surface area contributed by atoms with E-state index in [1.165, 1.54) is 0 Å². The number of aliphatic hydroxyl groups excluding tert-OH is 1. The number of aliphatic hydroxyl groups is 1. The Kier molecular flexibility index (Phi) is 5.12. The fourth-order valence-corrected chi connectivity index (χ4v) is 1.94. The van der Waals surface area contributed by atoms with Crippen LogP contribution in [0.3, 0.4) is 0 Å². The van der Waals surface area contributed by atoms with Crippen LogP contribution < -0.4 is 0 Å². The van der Waals surface area contributed by atoms with E-state index in [2.05, 4.69) is 0 Å². The third kappa shape index (κ3) is 4.35. The van der Waals surface area contributed by atoms with E-state index in [4.69, 9.17) is 4.74 Å². The number of benzene rings is 1. The number of ether oxygens (including phenoxy) is 1. The highest BCUT2D eigenvalue weighted by molar-refractivity contribution is 5.73. The Balaban J connectivity index is 2.87. The Morgan fingerprint density at radius 1 is 1.32 bits per heavy atom. The van der Waals surface area contributed by atoms with E-state index in [1.807, 2.05) is 52.0 Å². The van der Waals surface area contributed by atoms with Gasteiger partial charge in [-0.3, -0.25) is 4.79 Å². The number of carbonyl (C=O) groups is 1. The standard InChI is InChI=1S/C16H24O3/c1-6-12-9-7-8-10-13(12)14(17)11(2)15(18)19-16(3,4)5/h7-11,14,17H,6H2,1-5H3. The molecule has 0 aromatic heterocycles. The number of esters is 1. The Morgan fingerprint density at radius 3 is 2.42 bits per heavy atom. The van der Waals surface area contributed by atoms with Crippen LogP contribution in [0.1, 0.15) is 51.8 Å². The molecular formula is C16H24O3. The SMILES string of the molecule is CCc1ccccc1C(O)C(C)C(=O)OC(C)(C)C. The zero-order valence-electron chi connectivity index (χ0n) is 12.4. The van der Waals surface area contributed by atoms with Gasteiger partial charge in [-0.15, -0.1) is 0 Å². The summed E-state index contributed by atoms with van der Waals surface area (Å²) < 4.78 is 5.32. The molecular weight excluding hydrogens is 240 g/mol. The fraction of sp³-hybridized carbons (Fsp3) is 0.562. The average molecular weight is 264 g/mol. The third-order valence-electron chi connectivity index (χ3n) is 3.01. The molecule has 3 heteroatoms. The van der Waals surface area contributed by atoms with Crippen molar-refractivity contribution in [2.75, 3.05) is 0 Å². The lowest BCUT2D eigenvalue weighted by Gasteiger charge is -2.25. The zero-order chi connectivity index (χ0) is 14.6. The van der Waals surface area contributed by atoms with Gasteiger partial charge in [0.05, 0.1) is 12.0 Å². The van der Waals surface area contributed by atoms with Crippen LogP contribution in [0.4, 0.5) is 0 Å². The first-order valence-corrected chi connectivity index (χ1v) is 6.75. The molecule has 0 spiro atoms. The molecule has 1 rings (SSSR count). The van der Waals surface area contributed by atoms with Gasteiger partial charge < -0.3 is 9.84 Å². The van der Waals surface area contributed by atoms with Gasteiger partial charge in [0.25, 0.3) is 0 Å². The monoisotopic (exact) mass is 264 g/mol. The highest BCUT2D eigenvalue weighted by atomic mass is 16.6. The average Bonchev–Trinajstić information content (AvgIpc) is 2.34. The van der Waals surface area contributed by atoms with Gasteiger partial charge in [0, 0.05) is 0 Å². The van der Waals surface area contributed by atoms with Gasteiger partial charge in [0.15, 0.2) is 0 Å². The van der Waals surface area contributed by atoms with E-state index in [1.54, 1.807) is 6.92 Å². The second-order valence-corrected chi connectivity index (χ2v) is 5.82. The molecule has 1 N–H and O–H groups in total. The van der Waals surface area contributed by atoms with E-state index < -0.39 is 17.6 Å². The number of aryl methyl sites for hydroxylation is 1. The topological polar surface area (TPSA) is 46.5 Å². The minimum absolute atomic E-state index is 0.370. The maximum atomic E-state index is 12.0. The molecule has 0 saturated carbocycles. The molecule has 0 aliphatic rings. The van der Waals surface area contributed by atoms with Crippen molar-refractivity contribution in [1.29, 1.82) is 0 Å². The van der Waals surface area contributed by atoms with E-state index in [0.29, 0.717) is 0 Å². The molecule has 1 aromatic carbocycles. The van der Waals surface area contributed by atoms with Crippen LogP contribution in [0.5, 0.6) is 0 Å². The molecule has 0 aliphatic heterocycles. The molecule has 3 nitrogen and oxygen atoms in total. The number of carbonyl (C=O) groups excluding carboxylic acids is 1. The summed E-state index contributed by atoms with van der Waals surface area (Å²) in [5, 5.41) is 10.4. The maximum absolute atomic E-state index is 12.0. The molecule has 2 unspecified atom stereocenters. The van der Waals surface area contributed by atoms with Crippen molar-refractivity contribution in [3.63, 3.8) is 0 Å². The highest BCUT2D eigenvalue weighted by Crippen LogP contribution is 2.27. The molecule has 0 aliphatic carbocycles. The Labute approximate surface area is 115 Å². The Hall–Kier alpha value is -1.35. The first-order chi connectivity index (χ1) is 8.76. The molecule has 0 heterocycles. The minimum Gasteiger partial charge on any atom is -0.460 e. The van der Waals surface area contributed by atoms with Crippen molar-refractivity contribution < 1.29 is 14.6 Å². The molecule has 2 atom stereocenters. The number of rotatable bonds is 4. The zero-order valence-corrected chi connectivity index (χ0v) is 12.4. The van der Waals surface area contributed by atoms with Crippen LogP contribution in [0.15, 0.2) is 24.3 Å². The summed E-state index contributed by atoms with van der Waals surface area (Å²) >= 11 is 0. The summed E-state index contributed by atoms with van der Waals surface area (Å²) in [4.78, 5) is 12.0. The molecule has 0 amide bonds. The highest BCUT2D eigenvalue weighted by Gasteiger charge is 2.29. The quantitative estimate of drug-likeness (QED) is 0.849. The second kappa shape index (κ2) is 6.20. The Morgan fingerprint density at radius 2 is 1.89 bits per heavy atom. The predicted molar refractivity (Wildman–Crippen MR) is 75.8 cm³/mol. The number of hydrogen-bond acceptors (Lipinski definition) is 3. The summed E-state index contributed by atoms with van der Waals surface area (Å²) in [6.45, 7) is 9.20. The lowest BCUT2D eigenvalue weighted by Crippen LogP contribution is -2.30. The summed E-state index contributed by atoms with van der Waals surface area (Å²) in [6.07, 6.45) is -0.000127. The van der Waals surface area contributed by atoms with Crippen LogP contribution in [0.2, 0.25) is 0 Å². The van der Waals surface area contributed by atoms with Crippen LogP contribution in [-0.2, 0) is 16.0 Å². The lowest BCUT2D eigenvalue weighted by atomic mass is 9.92. The van der Waals surface area contributed by atoms with Gasteiger partial charge in [0.2, 0.25) is 0 Å². The normalized spacial score (nSPS) is 14.8. The molecule has 19 heavy (non-hydrogen) atoms. The lowest BCUT2D eigenvalue weighted by molar-refractivity contribution is -0.163. The summed E-state index contributed by atoms with van der Waals surface area (Å²) in [7, 11) is 0. The second-order valence-electron chi connectivity index (χ2n) is 5.82. The summed E-state index contributed by atoms with van der Waals surface area (Å²) in [5.74, 6) is -0.946. The van der Waals surface area contributed by atoms with Gasteiger partial charge >= 0.3 is 5.97 Å². The van der Waals surface area contributed by atoms with Crippen molar-refractivity contribution in [2.45, 2.75) is 52.7 Å². The van der Waals surface area contributed by atoms with E-state index >= 15 is 0 Å². The van der Waals surface area contributed by atoms with Gasteiger partial charge in [0.1, 0.15) is 5.60 Å². The largest absolute Gasteiger partial charge is 0.460 e. The number of hydrogen-bond donors (Lipinski definition) is 1. The third-order valence-corrected chi connectivity index (χ3v) is 3.01. The first kappa shape index (κ1) is 15.7. The van der Waals surface area contributed by atoms with Crippen molar-refractivity contribution in [2.24, 2.45) is 5.92 Å². The van der Waals surface area contributed by atoms with Gasteiger partial charge in [-0.1, -0.05) is 31.2 Å².